The van der Waals surface area contributed by atoms with Gasteiger partial charge < -0.3 is 9.63 Å². The summed E-state index contributed by atoms with van der Waals surface area (Å²) in [5.74, 6) is -0.215. The first-order valence-electron chi connectivity index (χ1n) is 13.8. The van der Waals surface area contributed by atoms with Crippen molar-refractivity contribution in [2.45, 2.75) is 0 Å². The van der Waals surface area contributed by atoms with Crippen molar-refractivity contribution in [2.24, 2.45) is 0 Å². The number of nitrogens with zero attached hydrogens (tertiary/aromatic N) is 6. The number of benzene rings is 4. The highest BCUT2D eigenvalue weighted by Gasteiger charge is 2.19. The highest BCUT2D eigenvalue weighted by atomic mass is 31.2. The number of pyridine rings is 2. The lowest BCUT2D eigenvalue weighted by atomic mass is 10.1. The monoisotopic (exact) mass is 694 g/mol. The molecule has 2 aromatic heterocycles. The molecule has 0 unspecified atom stereocenters. The molecule has 0 aliphatic rings. The molecule has 50 heavy (non-hydrogen) atoms. The number of hydrogen-bond acceptors (Lipinski definition) is 11. The topological polar surface area (TPSA) is 265 Å². The van der Waals surface area contributed by atoms with E-state index in [1.54, 1.807) is 12.1 Å². The van der Waals surface area contributed by atoms with Crippen molar-refractivity contribution >= 4 is 41.0 Å². The molecule has 0 spiro atoms. The Morgan fingerprint density at radius 2 is 1.08 bits per heavy atom. The Balaban J connectivity index is 0.000000197. The summed E-state index contributed by atoms with van der Waals surface area (Å²) < 4.78 is 18.0. The lowest BCUT2D eigenvalue weighted by molar-refractivity contribution is -0.385. The van der Waals surface area contributed by atoms with E-state index >= 15 is 0 Å². The summed E-state index contributed by atoms with van der Waals surface area (Å²) in [4.78, 5) is 63.4. The van der Waals surface area contributed by atoms with Crippen LogP contribution in [0, 0.1) is 42.9 Å². The molecular formula is C32H19N6O11P. The Labute approximate surface area is 278 Å². The van der Waals surface area contributed by atoms with Gasteiger partial charge in [0.15, 0.2) is 0 Å². The molecule has 6 rings (SSSR count). The van der Waals surface area contributed by atoms with Crippen molar-refractivity contribution in [1.82, 2.24) is 9.13 Å². The zero-order chi connectivity index (χ0) is 36.3. The minimum Gasteiger partial charge on any atom is -0.508 e. The Morgan fingerprint density at radius 1 is 0.660 bits per heavy atom. The number of aromatic nitrogens is 2. The minimum atomic E-state index is -4.81. The second-order valence-electron chi connectivity index (χ2n) is 10.2. The molecule has 0 aliphatic carbocycles. The molecule has 6 aromatic rings. The summed E-state index contributed by atoms with van der Waals surface area (Å²) in [5, 5.41) is 50.5. The van der Waals surface area contributed by atoms with Gasteiger partial charge in [-0.15, -0.1) is 0 Å². The van der Waals surface area contributed by atoms with Crippen LogP contribution in [0.3, 0.4) is 0 Å². The number of phosphoric ester groups is 1. The quantitative estimate of drug-likeness (QED) is 0.121. The zero-order valence-corrected chi connectivity index (χ0v) is 25.9. The number of nitro groups is 2. The number of phenolic OH excluding ortho intramolecular Hbond substituents is 1. The second kappa shape index (κ2) is 13.5. The Hall–Kier alpha value is -7.17. The number of phosphoric acid groups is 1. The average molecular weight is 695 g/mol. The van der Waals surface area contributed by atoms with Crippen LogP contribution in [0.2, 0.25) is 0 Å². The first-order chi connectivity index (χ1) is 23.7. The summed E-state index contributed by atoms with van der Waals surface area (Å²) in [5.41, 5.74) is -0.530. The molecular weight excluding hydrogens is 675 g/mol. The molecule has 17 nitrogen and oxygen atoms in total. The van der Waals surface area contributed by atoms with E-state index < -0.39 is 28.8 Å². The SMILES string of the molecule is N#Cc1cc2ccc(O)cc2n(-c2ccc([N+](=O)[O-])cc2)c1=O.N#Cc1cc2ccc(OP(=O)(O)O)cc2n(-c2ccc([N+](=O)[O-])cc2)c1=O. The maximum atomic E-state index is 12.6. The third-order valence-corrected chi connectivity index (χ3v) is 7.52. The van der Waals surface area contributed by atoms with Crippen LogP contribution >= 0.6 is 7.82 Å². The first kappa shape index (κ1) is 34.2. The van der Waals surface area contributed by atoms with Crippen molar-refractivity contribution in [2.75, 3.05) is 0 Å². The predicted molar refractivity (Wildman–Crippen MR) is 176 cm³/mol. The van der Waals surface area contributed by atoms with E-state index in [1.165, 1.54) is 95.6 Å². The molecule has 18 heteroatoms. The number of phenols is 1. The highest BCUT2D eigenvalue weighted by molar-refractivity contribution is 7.46. The first-order valence-corrected chi connectivity index (χ1v) is 15.4. The molecule has 0 amide bonds. The summed E-state index contributed by atoms with van der Waals surface area (Å²) in [6, 6.07) is 25.2. The molecule has 0 radical (unpaired) electrons. The van der Waals surface area contributed by atoms with Gasteiger partial charge in [0.1, 0.15) is 34.8 Å². The molecule has 0 saturated heterocycles. The fourth-order valence-electron chi connectivity index (χ4n) is 4.89. The molecule has 0 fully saturated rings. The van der Waals surface area contributed by atoms with E-state index in [9.17, 15) is 44.8 Å². The third kappa shape index (κ3) is 7.05. The summed E-state index contributed by atoms with van der Waals surface area (Å²) in [7, 11) is -4.81. The minimum absolute atomic E-state index is 0.0303. The Kier molecular flexibility index (Phi) is 9.24. The van der Waals surface area contributed by atoms with Crippen molar-refractivity contribution < 1.29 is 33.8 Å². The van der Waals surface area contributed by atoms with Crippen LogP contribution in [0.5, 0.6) is 11.5 Å². The summed E-state index contributed by atoms with van der Waals surface area (Å²) in [6.07, 6.45) is 0. The number of nitriles is 2. The van der Waals surface area contributed by atoms with Crippen LogP contribution in [0.25, 0.3) is 33.2 Å². The summed E-state index contributed by atoms with van der Waals surface area (Å²) >= 11 is 0. The van der Waals surface area contributed by atoms with Gasteiger partial charge in [-0.05, 0) is 60.7 Å². The number of fused-ring (bicyclic) bond motifs is 2. The number of hydrogen-bond donors (Lipinski definition) is 3. The normalized spacial score (nSPS) is 10.8. The van der Waals surface area contributed by atoms with Crippen molar-refractivity contribution in [1.29, 1.82) is 10.5 Å². The fraction of sp³-hybridized carbons (Fsp3) is 0. The van der Waals surface area contributed by atoms with E-state index in [0.717, 1.165) is 4.57 Å². The van der Waals surface area contributed by atoms with Crippen molar-refractivity contribution in [3.05, 3.63) is 149 Å². The van der Waals surface area contributed by atoms with Gasteiger partial charge in [0.25, 0.3) is 22.5 Å². The largest absolute Gasteiger partial charge is 0.524 e. The van der Waals surface area contributed by atoms with E-state index in [4.69, 9.17) is 15.0 Å². The average Bonchev–Trinajstić information content (AvgIpc) is 3.07. The number of non-ortho nitro benzene ring substituents is 2. The van der Waals surface area contributed by atoms with Crippen LogP contribution in [0.15, 0.2) is 107 Å². The third-order valence-electron chi connectivity index (χ3n) is 7.07. The molecule has 0 atom stereocenters. The maximum absolute atomic E-state index is 12.6. The van der Waals surface area contributed by atoms with Crippen molar-refractivity contribution in [3.8, 4) is 35.0 Å². The van der Waals surface area contributed by atoms with E-state index in [-0.39, 0.29) is 45.2 Å². The van der Waals surface area contributed by atoms with Gasteiger partial charge in [-0.1, -0.05) is 0 Å². The van der Waals surface area contributed by atoms with E-state index in [0.29, 0.717) is 22.0 Å². The Morgan fingerprint density at radius 3 is 1.48 bits per heavy atom. The molecule has 248 valence electrons. The predicted octanol–water partition coefficient (Wildman–Crippen LogP) is 4.72. The Bertz CT molecular complexity index is 2600. The maximum Gasteiger partial charge on any atom is 0.524 e. The van der Waals surface area contributed by atoms with E-state index in [2.05, 4.69) is 4.52 Å². The highest BCUT2D eigenvalue weighted by Crippen LogP contribution is 2.38. The molecule has 0 saturated carbocycles. The zero-order valence-electron chi connectivity index (χ0n) is 25.0. The molecule has 4 aromatic carbocycles. The van der Waals surface area contributed by atoms with Gasteiger partial charge >= 0.3 is 7.82 Å². The van der Waals surface area contributed by atoms with Crippen LogP contribution in [-0.2, 0) is 4.57 Å². The molecule has 0 bridgehead atoms. The van der Waals surface area contributed by atoms with Gasteiger partial charge in [-0.25, -0.2) is 4.57 Å². The van der Waals surface area contributed by atoms with E-state index in [1.807, 2.05) is 6.07 Å². The smallest absolute Gasteiger partial charge is 0.508 e. The summed E-state index contributed by atoms with van der Waals surface area (Å²) in [6.45, 7) is 0. The lowest BCUT2D eigenvalue weighted by Gasteiger charge is -2.13. The van der Waals surface area contributed by atoms with Crippen LogP contribution in [-0.4, -0.2) is 33.9 Å². The molecule has 3 N–H and O–H groups in total. The van der Waals surface area contributed by atoms with Crippen LogP contribution < -0.4 is 15.6 Å². The van der Waals surface area contributed by atoms with Gasteiger partial charge in [-0.3, -0.25) is 48.7 Å². The van der Waals surface area contributed by atoms with Crippen molar-refractivity contribution in [3.63, 3.8) is 0 Å². The lowest BCUT2D eigenvalue weighted by Crippen LogP contribution is -2.21. The second-order valence-corrected chi connectivity index (χ2v) is 11.4. The van der Waals surface area contributed by atoms with Gasteiger partial charge in [0, 0.05) is 58.5 Å². The molecule has 2 heterocycles. The standard InChI is InChI=1S/C16H10N3O7P.C16H9N3O4/c17-9-11-7-10-1-6-14(26-27(23,24)25)8-15(10)18(16(11)20)12-2-4-13(5-3-12)19(21)22;17-9-11-7-10-1-6-14(20)8-15(10)18(16(11)21)12-2-4-13(5-3-12)19(22)23/h1-8H,(H2,23,24,25);1-8,20H. The number of rotatable bonds is 6. The number of aromatic hydroxyl groups is 1. The van der Waals surface area contributed by atoms with Gasteiger partial charge in [-0.2, -0.15) is 10.5 Å². The van der Waals surface area contributed by atoms with Gasteiger partial charge in [0.2, 0.25) is 0 Å². The van der Waals surface area contributed by atoms with Crippen LogP contribution in [0.4, 0.5) is 11.4 Å². The van der Waals surface area contributed by atoms with Crippen LogP contribution in [0.1, 0.15) is 11.1 Å². The fourth-order valence-corrected chi connectivity index (χ4v) is 5.28. The van der Waals surface area contributed by atoms with Gasteiger partial charge in [0.05, 0.1) is 20.9 Å². The number of nitro benzene ring substituents is 2. The molecule has 0 aliphatic heterocycles.